The lowest BCUT2D eigenvalue weighted by molar-refractivity contribution is 1.02. The van der Waals surface area contributed by atoms with E-state index in [9.17, 15) is 0 Å². The summed E-state index contributed by atoms with van der Waals surface area (Å²) in [5, 5.41) is 27.1. The standard InChI is InChI=1S/2C9H8N.2C8H7N2.C5H6N.3C4H5N2.C3H4N3.9C2H6/c1-7-9-5-3-2-4-8(9)6-10-7;1-7-6-8-4-2-3-5-9(8)10-7;1-6-9-7-4-2-3-5-8(7)10-6;1-6-7-4-2-3-5-8(7)10-9-6;1-5-3-2-4-6-5;1-4-2-5-3-6-4;1-4-5-2-3-6-4;1-4-2-3-5-6-4;1-3-4-2-5-6-3;9*1-2/h2*2-6H,1H3;2*2-5H,1H3;2-4H,1H3;3*2-3H,1H3;2H,1H3;9*1-2H3/q9*-1;;;;;;;;;. The molecule has 0 fully saturated rings. The molecule has 4 aromatic carbocycles. The summed E-state index contributed by atoms with van der Waals surface area (Å²) in [6, 6.07) is 40.1. The van der Waals surface area contributed by atoms with E-state index in [2.05, 4.69) is 105 Å². The van der Waals surface area contributed by atoms with Crippen molar-refractivity contribution in [1.29, 1.82) is 0 Å². The Labute approximate surface area is 531 Å². The fourth-order valence-electron chi connectivity index (χ4n) is 5.95. The Morgan fingerprint density at radius 2 is 0.943 bits per heavy atom. The molecule has 0 aliphatic carbocycles. The lowest BCUT2D eigenvalue weighted by Gasteiger charge is -1.97. The van der Waals surface area contributed by atoms with E-state index in [0.717, 1.165) is 79.1 Å². The summed E-state index contributed by atoms with van der Waals surface area (Å²) in [6.45, 7) is 53.4. The second-order valence-electron chi connectivity index (χ2n) is 15.2. The van der Waals surface area contributed by atoms with Gasteiger partial charge in [0.1, 0.15) is 0 Å². The number of aryl methyl sites for hydroxylation is 9. The van der Waals surface area contributed by atoms with E-state index < -0.39 is 0 Å². The molecular weight excluding hydrogens is 1090 g/mol. The van der Waals surface area contributed by atoms with Crippen molar-refractivity contribution in [2.24, 2.45) is 0 Å². The summed E-state index contributed by atoms with van der Waals surface area (Å²) in [5.74, 6) is 2.42. The first-order chi connectivity index (χ1) is 42.9. The zero-order valence-electron chi connectivity index (χ0n) is 58.8. The van der Waals surface area contributed by atoms with Crippen molar-refractivity contribution in [1.82, 2.24) is 80.4 Å². The number of fused-ring (bicyclic) bond motifs is 4. The SMILES string of the molecule is CC.CC.CC.CC.CC.CC.CC.CC.CC.Cc1[n-]cc2ccccc12.Cc1c[n-]cn1.Cc1cc2ccccc2[n-]1.Cc1cc[n-]n1.Cc1ccc[n-]1.Cc1n[n-]c2ccccc12.Cc1nc2ccccc2[n-]1.Cc1ncc[n-]1.Cc1nnc[n-]1. The highest BCUT2D eigenvalue weighted by molar-refractivity contribution is 5.84. The Morgan fingerprint density at radius 1 is 0.375 bits per heavy atom. The van der Waals surface area contributed by atoms with E-state index in [1.54, 1.807) is 37.9 Å². The van der Waals surface area contributed by atoms with Crippen LogP contribution in [0, 0.1) is 62.3 Å². The number of aromatic nitrogens is 16. The first-order valence-corrected chi connectivity index (χ1v) is 31.1. The third kappa shape index (κ3) is 41.1. The third-order valence-electron chi connectivity index (χ3n) is 9.37. The van der Waals surface area contributed by atoms with Gasteiger partial charge in [-0.15, -0.1) is 11.0 Å². The summed E-state index contributed by atoms with van der Waals surface area (Å²) in [7, 11) is 0. The van der Waals surface area contributed by atoms with Crippen LogP contribution < -0.4 is 45.1 Å². The molecule has 88 heavy (non-hydrogen) atoms. The van der Waals surface area contributed by atoms with Crippen LogP contribution in [0.1, 0.15) is 176 Å². The second kappa shape index (κ2) is 62.5. The highest BCUT2D eigenvalue weighted by Crippen LogP contribution is 2.16. The Balaban J connectivity index is -0.000000286. The summed E-state index contributed by atoms with van der Waals surface area (Å²) in [6.07, 6.45) is 13.4. The van der Waals surface area contributed by atoms with Crippen LogP contribution in [0.3, 0.4) is 0 Å². The molecule has 0 aliphatic rings. The molecule has 16 nitrogen and oxygen atoms in total. The molecule has 0 saturated heterocycles. The topological polar surface area (TPSA) is 217 Å². The number of hydrogen-bond donors (Lipinski definition) is 0. The van der Waals surface area contributed by atoms with Gasteiger partial charge in [-0.05, 0) is 86.3 Å². The van der Waals surface area contributed by atoms with E-state index >= 15 is 0 Å². The molecule has 9 aromatic heterocycles. The lowest BCUT2D eigenvalue weighted by atomic mass is 10.2. The van der Waals surface area contributed by atoms with Crippen LogP contribution in [0.15, 0.2) is 171 Å². The molecular formula is C72H109N16-9. The molecule has 486 valence electrons. The summed E-state index contributed by atoms with van der Waals surface area (Å²) in [5.41, 5.74) is 10.3. The highest BCUT2D eigenvalue weighted by Gasteiger charge is 1.89. The van der Waals surface area contributed by atoms with E-state index in [0.29, 0.717) is 0 Å². The van der Waals surface area contributed by atoms with Gasteiger partial charge in [0.15, 0.2) is 0 Å². The van der Waals surface area contributed by atoms with Crippen molar-refractivity contribution < 1.29 is 0 Å². The number of rotatable bonds is 0. The van der Waals surface area contributed by atoms with Gasteiger partial charge in [-0.2, -0.15) is 35.7 Å². The van der Waals surface area contributed by atoms with E-state index in [1.807, 2.05) is 283 Å². The number of benzene rings is 4. The molecule has 0 saturated carbocycles. The van der Waals surface area contributed by atoms with Gasteiger partial charge >= 0.3 is 0 Å². The first-order valence-electron chi connectivity index (χ1n) is 31.1. The van der Waals surface area contributed by atoms with Crippen LogP contribution in [0.4, 0.5) is 0 Å². The fraction of sp³-hybridized carbons (Fsp3) is 0.375. The number of imidazole rings is 3. The van der Waals surface area contributed by atoms with Crippen molar-refractivity contribution >= 4 is 43.6 Å². The maximum atomic E-state index is 4.31. The van der Waals surface area contributed by atoms with Crippen LogP contribution in [-0.2, 0) is 0 Å². The maximum absolute atomic E-state index is 4.31. The molecule has 13 rings (SSSR count). The summed E-state index contributed by atoms with van der Waals surface area (Å²) >= 11 is 0. The Kier molecular flexibility index (Phi) is 62.3. The monoisotopic (exact) mass is 1200 g/mol. The third-order valence-corrected chi connectivity index (χ3v) is 9.37. The van der Waals surface area contributed by atoms with E-state index in [-0.39, 0.29) is 0 Å². The Hall–Kier alpha value is -9.05. The maximum Gasteiger partial charge on any atom is 0.0208 e. The number of para-hydroxylation sites is 3. The molecule has 13 aromatic rings. The van der Waals surface area contributed by atoms with Crippen molar-refractivity contribution in [3.05, 3.63) is 223 Å². The van der Waals surface area contributed by atoms with Crippen LogP contribution in [-0.4, -0.2) is 35.3 Å². The van der Waals surface area contributed by atoms with Gasteiger partial charge < -0.3 is 80.4 Å². The molecule has 16 heteroatoms. The van der Waals surface area contributed by atoms with E-state index in [4.69, 9.17) is 0 Å². The molecule has 9 heterocycles. The zero-order valence-corrected chi connectivity index (χ0v) is 58.8. The minimum absolute atomic E-state index is 0.731. The van der Waals surface area contributed by atoms with Gasteiger partial charge in [0.05, 0.1) is 0 Å². The van der Waals surface area contributed by atoms with E-state index in [1.165, 1.54) is 28.8 Å². The Morgan fingerprint density at radius 3 is 1.32 bits per heavy atom. The van der Waals surface area contributed by atoms with Gasteiger partial charge in [-0.1, -0.05) is 309 Å². The molecule has 0 amide bonds. The van der Waals surface area contributed by atoms with Crippen molar-refractivity contribution in [3.63, 3.8) is 0 Å². The van der Waals surface area contributed by atoms with Crippen molar-refractivity contribution in [2.45, 2.75) is 187 Å². The lowest BCUT2D eigenvalue weighted by Crippen LogP contribution is -1.72. The van der Waals surface area contributed by atoms with Crippen LogP contribution >= 0.6 is 0 Å². The van der Waals surface area contributed by atoms with Gasteiger partial charge in [0.25, 0.3) is 0 Å². The van der Waals surface area contributed by atoms with Gasteiger partial charge in [-0.25, -0.2) is 0 Å². The number of hydrogen-bond acceptors (Lipinski definition) is 7. The quantitative estimate of drug-likeness (QED) is 0.138. The molecule has 0 atom stereocenters. The van der Waals surface area contributed by atoms with Crippen LogP contribution in [0.25, 0.3) is 43.6 Å². The minimum atomic E-state index is 0.731. The van der Waals surface area contributed by atoms with Crippen LogP contribution in [0.2, 0.25) is 0 Å². The first kappa shape index (κ1) is 87.7. The van der Waals surface area contributed by atoms with Gasteiger partial charge in [0.2, 0.25) is 0 Å². The predicted molar refractivity (Wildman–Crippen MR) is 377 cm³/mol. The number of nitrogens with zero attached hydrogens (tertiary/aromatic N) is 16. The summed E-state index contributed by atoms with van der Waals surface area (Å²) < 4.78 is 0. The molecule has 0 spiro atoms. The fourth-order valence-corrected chi connectivity index (χ4v) is 5.95. The molecule has 0 N–H and O–H groups in total. The van der Waals surface area contributed by atoms with Gasteiger partial charge in [-0.3, -0.25) is 0 Å². The second-order valence-corrected chi connectivity index (χ2v) is 15.2. The average Bonchev–Trinajstić information content (AvgIpc) is 4.64. The largest absolute Gasteiger partial charge is 0.668 e. The highest BCUT2D eigenvalue weighted by atomic mass is 15.2. The van der Waals surface area contributed by atoms with Crippen LogP contribution in [0.5, 0.6) is 0 Å². The molecule has 0 radical (unpaired) electrons. The molecule has 0 unspecified atom stereocenters. The van der Waals surface area contributed by atoms with Crippen molar-refractivity contribution in [2.75, 3.05) is 0 Å². The predicted octanol–water partition coefficient (Wildman–Crippen LogP) is 18.2. The summed E-state index contributed by atoms with van der Waals surface area (Å²) in [4.78, 5) is 39.7. The molecule has 0 bridgehead atoms. The normalized spacial score (nSPS) is 8.40. The minimum Gasteiger partial charge on any atom is -0.668 e. The Bertz CT molecular complexity index is 2900. The van der Waals surface area contributed by atoms with Gasteiger partial charge in [0, 0.05) is 11.4 Å². The average molecular weight is 1200 g/mol. The van der Waals surface area contributed by atoms with Crippen molar-refractivity contribution in [3.8, 4) is 0 Å². The smallest absolute Gasteiger partial charge is 0.0208 e. The zero-order chi connectivity index (χ0) is 67.9. The molecule has 0 aliphatic heterocycles.